The first kappa shape index (κ1) is 21.0. The van der Waals surface area contributed by atoms with Crippen LogP contribution in [0.3, 0.4) is 0 Å². The summed E-state index contributed by atoms with van der Waals surface area (Å²) in [6, 6.07) is 13.9. The van der Waals surface area contributed by atoms with Crippen molar-refractivity contribution in [3.8, 4) is 0 Å². The Morgan fingerprint density at radius 2 is 1.91 bits per heavy atom. The summed E-state index contributed by atoms with van der Waals surface area (Å²) in [6.45, 7) is 3.59. The number of thiophene rings is 1. The van der Waals surface area contributed by atoms with E-state index in [4.69, 9.17) is 14.1 Å². The van der Waals surface area contributed by atoms with Crippen molar-refractivity contribution in [1.29, 1.82) is 0 Å². The summed E-state index contributed by atoms with van der Waals surface area (Å²) >= 11 is 1.64. The lowest BCUT2D eigenvalue weighted by molar-refractivity contribution is 0.0951. The highest BCUT2D eigenvalue weighted by molar-refractivity contribution is 7.16. The molecule has 3 aromatic rings. The van der Waals surface area contributed by atoms with Crippen molar-refractivity contribution in [3.63, 3.8) is 0 Å². The van der Waals surface area contributed by atoms with Crippen molar-refractivity contribution in [1.82, 2.24) is 5.32 Å². The molecular weight excluding hydrogens is 422 g/mol. The van der Waals surface area contributed by atoms with Gasteiger partial charge in [0.05, 0.1) is 25.0 Å². The molecule has 0 unspecified atom stereocenters. The van der Waals surface area contributed by atoms with Gasteiger partial charge in [-0.1, -0.05) is 30.3 Å². The standard InChI is InChI=1S/C25H27N3O3S/c29-24(26-16-18-6-2-1-3-7-18)23-20-8-4-5-9-21(20)32-25(23)27-17-19-10-11-22(31-19)28-12-14-30-15-13-28/h1-3,6-7,10-11,17H,4-5,8-9,12-16H2,(H,26,29)/b27-17-. The molecule has 1 fully saturated rings. The van der Waals surface area contributed by atoms with E-state index in [0.717, 1.165) is 54.4 Å². The van der Waals surface area contributed by atoms with Crippen molar-refractivity contribution in [2.75, 3.05) is 31.2 Å². The fourth-order valence-corrected chi connectivity index (χ4v) is 5.46. The summed E-state index contributed by atoms with van der Waals surface area (Å²) in [5.74, 6) is 1.48. The Morgan fingerprint density at radius 3 is 2.75 bits per heavy atom. The lowest BCUT2D eigenvalue weighted by atomic mass is 9.95. The largest absolute Gasteiger partial charge is 0.440 e. The van der Waals surface area contributed by atoms with Gasteiger partial charge in [0.15, 0.2) is 5.88 Å². The Balaban J connectivity index is 1.36. The molecule has 3 heterocycles. The summed E-state index contributed by atoms with van der Waals surface area (Å²) in [7, 11) is 0. The van der Waals surface area contributed by atoms with Gasteiger partial charge in [-0.3, -0.25) is 4.79 Å². The zero-order chi connectivity index (χ0) is 21.8. The molecule has 1 aliphatic heterocycles. The molecule has 32 heavy (non-hydrogen) atoms. The van der Waals surface area contributed by atoms with Crippen LogP contribution in [0.15, 0.2) is 51.9 Å². The van der Waals surface area contributed by atoms with Crippen molar-refractivity contribution in [2.45, 2.75) is 32.2 Å². The third kappa shape index (κ3) is 4.64. The van der Waals surface area contributed by atoms with Gasteiger partial charge in [0.1, 0.15) is 10.8 Å². The Kier molecular flexibility index (Phi) is 6.36. The van der Waals surface area contributed by atoms with E-state index in [1.165, 1.54) is 16.9 Å². The summed E-state index contributed by atoms with van der Waals surface area (Å²) in [5, 5.41) is 3.86. The van der Waals surface area contributed by atoms with Gasteiger partial charge in [-0.15, -0.1) is 11.3 Å². The fraction of sp³-hybridized carbons (Fsp3) is 0.360. The molecule has 2 aromatic heterocycles. The molecule has 5 rings (SSSR count). The SMILES string of the molecule is O=C(NCc1ccccc1)c1c(/N=C\c2ccc(N3CCOCC3)o2)sc2c1CCCC2. The summed E-state index contributed by atoms with van der Waals surface area (Å²) in [6.07, 6.45) is 5.98. The number of nitrogens with one attached hydrogen (secondary N) is 1. The molecule has 1 amide bonds. The summed E-state index contributed by atoms with van der Waals surface area (Å²) in [4.78, 5) is 21.4. The first-order valence-electron chi connectivity index (χ1n) is 11.2. The van der Waals surface area contributed by atoms with E-state index in [2.05, 4.69) is 10.2 Å². The van der Waals surface area contributed by atoms with Gasteiger partial charge < -0.3 is 19.4 Å². The molecule has 0 atom stereocenters. The second-order valence-electron chi connectivity index (χ2n) is 8.09. The average molecular weight is 450 g/mol. The minimum Gasteiger partial charge on any atom is -0.440 e. The molecular formula is C25H27N3O3S. The molecule has 0 bridgehead atoms. The smallest absolute Gasteiger partial charge is 0.254 e. The van der Waals surface area contributed by atoms with E-state index in [1.807, 2.05) is 42.5 Å². The zero-order valence-corrected chi connectivity index (χ0v) is 18.8. The first-order chi connectivity index (χ1) is 15.8. The summed E-state index contributed by atoms with van der Waals surface area (Å²) in [5.41, 5.74) is 2.99. The highest BCUT2D eigenvalue weighted by Gasteiger charge is 2.25. The number of hydrogen-bond acceptors (Lipinski definition) is 6. The van der Waals surface area contributed by atoms with Crippen LogP contribution in [0.1, 0.15) is 45.0 Å². The maximum absolute atomic E-state index is 13.2. The third-order valence-corrected chi connectivity index (χ3v) is 7.12. The van der Waals surface area contributed by atoms with Crippen LogP contribution < -0.4 is 10.2 Å². The summed E-state index contributed by atoms with van der Waals surface area (Å²) < 4.78 is 11.4. The van der Waals surface area contributed by atoms with Gasteiger partial charge in [-0.25, -0.2) is 4.99 Å². The second-order valence-corrected chi connectivity index (χ2v) is 9.18. The number of benzene rings is 1. The molecule has 1 N–H and O–H groups in total. The predicted molar refractivity (Wildman–Crippen MR) is 128 cm³/mol. The normalized spacial score (nSPS) is 16.3. The van der Waals surface area contributed by atoms with Gasteiger partial charge in [-0.05, 0) is 42.9 Å². The van der Waals surface area contributed by atoms with Gasteiger partial charge in [0.2, 0.25) is 0 Å². The number of carbonyl (C=O) groups is 1. The Morgan fingerprint density at radius 1 is 1.09 bits per heavy atom. The molecule has 0 radical (unpaired) electrons. The van der Waals surface area contributed by atoms with Crippen LogP contribution in [0.5, 0.6) is 0 Å². The number of carbonyl (C=O) groups excluding carboxylic acids is 1. The van der Waals surface area contributed by atoms with Gasteiger partial charge >= 0.3 is 0 Å². The molecule has 6 nitrogen and oxygen atoms in total. The average Bonchev–Trinajstić information content (AvgIpc) is 3.47. The number of aliphatic imine (C=N–C) groups is 1. The van der Waals surface area contributed by atoms with Crippen LogP contribution in [-0.4, -0.2) is 38.4 Å². The fourth-order valence-electron chi connectivity index (χ4n) is 4.23. The molecule has 1 aliphatic carbocycles. The maximum Gasteiger partial charge on any atom is 0.254 e. The van der Waals surface area contributed by atoms with Crippen molar-refractivity contribution >= 4 is 34.3 Å². The lowest BCUT2D eigenvalue weighted by Crippen LogP contribution is -2.35. The van der Waals surface area contributed by atoms with Crippen molar-refractivity contribution in [2.24, 2.45) is 4.99 Å². The zero-order valence-electron chi connectivity index (χ0n) is 18.0. The topological polar surface area (TPSA) is 67.1 Å². The molecule has 0 saturated carbocycles. The van der Waals surface area contributed by atoms with E-state index in [1.54, 1.807) is 17.6 Å². The molecule has 0 spiro atoms. The molecule has 2 aliphatic rings. The Labute approximate surface area is 191 Å². The number of morpholine rings is 1. The van der Waals surface area contributed by atoms with E-state index in [9.17, 15) is 4.79 Å². The molecule has 1 saturated heterocycles. The molecule has 166 valence electrons. The lowest BCUT2D eigenvalue weighted by Gasteiger charge is -2.26. The minimum atomic E-state index is -0.0474. The number of fused-ring (bicyclic) bond motifs is 1. The van der Waals surface area contributed by atoms with Gasteiger partial charge in [-0.2, -0.15) is 0 Å². The number of aryl methyl sites for hydroxylation is 1. The Bertz CT molecular complexity index is 1100. The Hall–Kier alpha value is -2.90. The van der Waals surface area contributed by atoms with Crippen molar-refractivity contribution in [3.05, 3.63) is 69.8 Å². The van der Waals surface area contributed by atoms with E-state index in [0.29, 0.717) is 25.5 Å². The highest BCUT2D eigenvalue weighted by Crippen LogP contribution is 2.40. The minimum absolute atomic E-state index is 0.0474. The van der Waals surface area contributed by atoms with Gasteiger partial charge in [0.25, 0.3) is 5.91 Å². The molecule has 7 heteroatoms. The van der Waals surface area contributed by atoms with Crippen LogP contribution in [0, 0.1) is 0 Å². The number of amides is 1. The van der Waals surface area contributed by atoms with Crippen molar-refractivity contribution < 1.29 is 13.9 Å². The monoisotopic (exact) mass is 449 g/mol. The second kappa shape index (κ2) is 9.71. The first-order valence-corrected chi connectivity index (χ1v) is 12.0. The quantitative estimate of drug-likeness (QED) is 0.552. The van der Waals surface area contributed by atoms with Crippen LogP contribution in [0.4, 0.5) is 10.9 Å². The number of rotatable bonds is 6. The van der Waals surface area contributed by atoms with Crippen LogP contribution in [-0.2, 0) is 24.1 Å². The maximum atomic E-state index is 13.2. The number of nitrogens with zero attached hydrogens (tertiary/aromatic N) is 2. The number of furan rings is 1. The highest BCUT2D eigenvalue weighted by atomic mass is 32.1. The number of ether oxygens (including phenoxy) is 1. The van der Waals surface area contributed by atoms with Crippen LogP contribution >= 0.6 is 11.3 Å². The van der Waals surface area contributed by atoms with Crippen LogP contribution in [0.25, 0.3) is 0 Å². The van der Waals surface area contributed by atoms with E-state index >= 15 is 0 Å². The number of hydrogen-bond donors (Lipinski definition) is 1. The van der Waals surface area contributed by atoms with E-state index in [-0.39, 0.29) is 5.91 Å². The third-order valence-electron chi connectivity index (χ3n) is 5.92. The predicted octanol–water partition coefficient (Wildman–Crippen LogP) is 4.74. The number of anilines is 1. The van der Waals surface area contributed by atoms with E-state index < -0.39 is 0 Å². The molecule has 1 aromatic carbocycles. The van der Waals surface area contributed by atoms with Gasteiger partial charge in [0, 0.05) is 30.6 Å². The van der Waals surface area contributed by atoms with Crippen LogP contribution in [0.2, 0.25) is 0 Å².